The van der Waals surface area contributed by atoms with Crippen molar-refractivity contribution in [2.24, 2.45) is 0 Å². The number of aromatic nitrogens is 1. The molecule has 0 atom stereocenters. The molecule has 2 aliphatic rings. The number of benzene rings is 2. The Kier molecular flexibility index (Phi) is 7.08. The zero-order valence-electron chi connectivity index (χ0n) is 19.0. The lowest BCUT2D eigenvalue weighted by atomic mass is 10.1. The summed E-state index contributed by atoms with van der Waals surface area (Å²) in [5.74, 6) is -0.253. The second-order valence-electron chi connectivity index (χ2n) is 8.44. The van der Waals surface area contributed by atoms with Gasteiger partial charge in [0.2, 0.25) is 5.91 Å². The minimum Gasteiger partial charge on any atom is -0.378 e. The van der Waals surface area contributed by atoms with Gasteiger partial charge in [-0.25, -0.2) is 0 Å². The van der Waals surface area contributed by atoms with Gasteiger partial charge in [0.05, 0.1) is 18.1 Å². The molecular formula is C26H24BrN3O4S. The van der Waals surface area contributed by atoms with Crippen molar-refractivity contribution in [3.63, 3.8) is 0 Å². The smallest absolute Gasteiger partial charge is 0.293 e. The summed E-state index contributed by atoms with van der Waals surface area (Å²) in [7, 11) is 0. The lowest BCUT2D eigenvalue weighted by Gasteiger charge is -2.27. The van der Waals surface area contributed by atoms with Gasteiger partial charge in [0, 0.05) is 46.8 Å². The first-order chi connectivity index (χ1) is 17.0. The lowest BCUT2D eigenvalue weighted by molar-refractivity contribution is -0.135. The van der Waals surface area contributed by atoms with Crippen LogP contribution in [-0.4, -0.2) is 64.3 Å². The maximum Gasteiger partial charge on any atom is 0.293 e. The highest BCUT2D eigenvalue weighted by molar-refractivity contribution is 9.10. The number of imide groups is 1. The number of amides is 3. The van der Waals surface area contributed by atoms with Crippen LogP contribution in [-0.2, 0) is 27.3 Å². The van der Waals surface area contributed by atoms with Crippen LogP contribution in [0.25, 0.3) is 17.0 Å². The number of hydrogen-bond acceptors (Lipinski definition) is 5. The number of thioether (sulfide) groups is 1. The van der Waals surface area contributed by atoms with E-state index in [4.69, 9.17) is 4.74 Å². The van der Waals surface area contributed by atoms with E-state index in [2.05, 4.69) is 15.9 Å². The van der Waals surface area contributed by atoms with E-state index in [0.717, 1.165) is 38.3 Å². The first kappa shape index (κ1) is 23.8. The van der Waals surface area contributed by atoms with Gasteiger partial charge in [-0.2, -0.15) is 0 Å². The van der Waals surface area contributed by atoms with Crippen LogP contribution in [0, 0.1) is 0 Å². The van der Waals surface area contributed by atoms with Crippen molar-refractivity contribution in [3.05, 3.63) is 75.2 Å². The average molecular weight is 554 g/mol. The number of morpholine rings is 1. The summed E-state index contributed by atoms with van der Waals surface area (Å²) < 4.78 is 8.16. The molecule has 0 radical (unpaired) electrons. The number of fused-ring (bicyclic) bond motifs is 1. The molecule has 3 heterocycles. The number of carbonyl (C=O) groups is 3. The predicted octanol–water partition coefficient (Wildman–Crippen LogP) is 4.54. The van der Waals surface area contributed by atoms with E-state index < -0.39 is 0 Å². The molecular weight excluding hydrogens is 530 g/mol. The van der Waals surface area contributed by atoms with Crippen LogP contribution in [0.15, 0.2) is 64.1 Å². The van der Waals surface area contributed by atoms with Gasteiger partial charge in [0.15, 0.2) is 0 Å². The van der Waals surface area contributed by atoms with E-state index in [-0.39, 0.29) is 23.6 Å². The zero-order chi connectivity index (χ0) is 24.4. The maximum absolute atomic E-state index is 13.1. The second-order valence-corrected chi connectivity index (χ2v) is 10.3. The molecule has 0 aliphatic carbocycles. The standard InChI is InChI=1S/C26H24BrN3O4S/c27-20-6-7-22-21(15-20)19(16-29(22)17-24(31)28-10-12-34-13-11-28)14-23-25(32)30(26(33)35-23)9-8-18-4-2-1-3-5-18/h1-7,14-16H,8-13,17H2/b23-14-. The van der Waals surface area contributed by atoms with Crippen LogP contribution >= 0.6 is 27.7 Å². The zero-order valence-corrected chi connectivity index (χ0v) is 21.4. The molecule has 0 N–H and O–H groups in total. The summed E-state index contributed by atoms with van der Waals surface area (Å²) in [5, 5.41) is 0.648. The molecule has 1 aromatic heterocycles. The van der Waals surface area contributed by atoms with Gasteiger partial charge in [-0.05, 0) is 48.0 Å². The largest absolute Gasteiger partial charge is 0.378 e. The predicted molar refractivity (Wildman–Crippen MR) is 140 cm³/mol. The van der Waals surface area contributed by atoms with E-state index >= 15 is 0 Å². The maximum atomic E-state index is 13.1. The van der Waals surface area contributed by atoms with E-state index in [9.17, 15) is 14.4 Å². The van der Waals surface area contributed by atoms with Crippen molar-refractivity contribution in [2.45, 2.75) is 13.0 Å². The molecule has 35 heavy (non-hydrogen) atoms. The summed E-state index contributed by atoms with van der Waals surface area (Å²) in [6.07, 6.45) is 4.26. The minimum atomic E-state index is -0.281. The topological polar surface area (TPSA) is 71.9 Å². The summed E-state index contributed by atoms with van der Waals surface area (Å²) in [4.78, 5) is 42.0. The van der Waals surface area contributed by atoms with Gasteiger partial charge in [-0.1, -0.05) is 46.3 Å². The number of rotatable bonds is 6. The van der Waals surface area contributed by atoms with E-state index in [1.807, 2.05) is 64.2 Å². The third-order valence-electron chi connectivity index (χ3n) is 6.17. The van der Waals surface area contributed by atoms with Gasteiger partial charge in [-0.15, -0.1) is 0 Å². The van der Waals surface area contributed by atoms with Crippen molar-refractivity contribution >= 4 is 61.7 Å². The third kappa shape index (κ3) is 5.22. The Morgan fingerprint density at radius 1 is 1.09 bits per heavy atom. The van der Waals surface area contributed by atoms with Gasteiger partial charge >= 0.3 is 0 Å². The Hall–Kier alpha value is -2.88. The van der Waals surface area contributed by atoms with Crippen molar-refractivity contribution in [1.29, 1.82) is 0 Å². The van der Waals surface area contributed by atoms with Crippen molar-refractivity contribution in [3.8, 4) is 0 Å². The van der Waals surface area contributed by atoms with Crippen molar-refractivity contribution < 1.29 is 19.1 Å². The first-order valence-electron chi connectivity index (χ1n) is 11.4. The van der Waals surface area contributed by atoms with Crippen molar-refractivity contribution in [2.75, 3.05) is 32.8 Å². The van der Waals surface area contributed by atoms with E-state index in [1.54, 1.807) is 6.08 Å². The quantitative estimate of drug-likeness (QED) is 0.419. The Labute approximate surface area is 215 Å². The molecule has 0 saturated carbocycles. The van der Waals surface area contributed by atoms with Crippen LogP contribution in [0.3, 0.4) is 0 Å². The molecule has 2 aromatic carbocycles. The van der Waals surface area contributed by atoms with Gasteiger partial charge < -0.3 is 14.2 Å². The van der Waals surface area contributed by atoms with Gasteiger partial charge in [-0.3, -0.25) is 19.3 Å². The summed E-state index contributed by atoms with van der Waals surface area (Å²) in [6.45, 7) is 2.82. The monoisotopic (exact) mass is 553 g/mol. The molecule has 9 heteroatoms. The normalized spacial score (nSPS) is 17.7. The Morgan fingerprint density at radius 3 is 2.63 bits per heavy atom. The number of carbonyl (C=O) groups excluding carboxylic acids is 3. The number of hydrogen-bond donors (Lipinski definition) is 0. The molecule has 2 saturated heterocycles. The molecule has 2 aliphatic heterocycles. The molecule has 0 bridgehead atoms. The minimum absolute atomic E-state index is 0.0286. The highest BCUT2D eigenvalue weighted by Crippen LogP contribution is 2.35. The highest BCUT2D eigenvalue weighted by Gasteiger charge is 2.35. The van der Waals surface area contributed by atoms with Crippen LogP contribution < -0.4 is 0 Å². The van der Waals surface area contributed by atoms with E-state index in [0.29, 0.717) is 44.2 Å². The second kappa shape index (κ2) is 10.4. The van der Waals surface area contributed by atoms with E-state index in [1.165, 1.54) is 4.90 Å². The molecule has 3 aromatic rings. The summed E-state index contributed by atoms with van der Waals surface area (Å²) in [6, 6.07) is 15.7. The van der Waals surface area contributed by atoms with Gasteiger partial charge in [0.25, 0.3) is 11.1 Å². The highest BCUT2D eigenvalue weighted by atomic mass is 79.9. The Morgan fingerprint density at radius 2 is 1.86 bits per heavy atom. The fourth-order valence-corrected chi connectivity index (χ4v) is 5.54. The molecule has 3 amide bonds. The van der Waals surface area contributed by atoms with Crippen LogP contribution in [0.5, 0.6) is 0 Å². The fourth-order valence-electron chi connectivity index (χ4n) is 4.32. The molecule has 5 rings (SSSR count). The lowest BCUT2D eigenvalue weighted by Crippen LogP contribution is -2.42. The average Bonchev–Trinajstić information content (AvgIpc) is 3.34. The number of ether oxygens (including phenoxy) is 1. The van der Waals surface area contributed by atoms with Crippen LogP contribution in [0.4, 0.5) is 4.79 Å². The molecule has 2 fully saturated rings. The fraction of sp³-hybridized carbons (Fsp3) is 0.269. The van der Waals surface area contributed by atoms with Crippen molar-refractivity contribution in [1.82, 2.24) is 14.4 Å². The summed E-state index contributed by atoms with van der Waals surface area (Å²) >= 11 is 4.48. The molecule has 0 spiro atoms. The molecule has 7 nitrogen and oxygen atoms in total. The van der Waals surface area contributed by atoms with Gasteiger partial charge in [0.1, 0.15) is 6.54 Å². The first-order valence-corrected chi connectivity index (χ1v) is 13.0. The Balaban J connectivity index is 1.39. The molecule has 0 unspecified atom stereocenters. The Bertz CT molecular complexity index is 1310. The number of nitrogens with zero attached hydrogens (tertiary/aromatic N) is 3. The summed E-state index contributed by atoms with van der Waals surface area (Å²) in [5.41, 5.74) is 2.77. The molecule has 180 valence electrons. The van der Waals surface area contributed by atoms with Crippen LogP contribution in [0.2, 0.25) is 0 Å². The van der Waals surface area contributed by atoms with Crippen LogP contribution in [0.1, 0.15) is 11.1 Å². The third-order valence-corrected chi connectivity index (χ3v) is 7.57. The SMILES string of the molecule is O=C(Cn1cc(/C=C2\SC(=O)N(CCc3ccccc3)C2=O)c2cc(Br)ccc21)N1CCOCC1. The number of halogens is 1.